The van der Waals surface area contributed by atoms with Gasteiger partial charge in [0.1, 0.15) is 0 Å². The maximum Gasteiger partial charge on any atom is 0.0156 e. The first-order valence-corrected chi connectivity index (χ1v) is 6.20. The predicted molar refractivity (Wildman–Crippen MR) is 47.1 cm³/mol. The van der Waals surface area contributed by atoms with Crippen LogP contribution in [0.1, 0.15) is 12.8 Å². The van der Waals surface area contributed by atoms with Crippen LogP contribution in [-0.4, -0.2) is 23.3 Å². The van der Waals surface area contributed by atoms with Gasteiger partial charge >= 0.3 is 0 Å². The zero-order chi connectivity index (χ0) is 7.19. The topological polar surface area (TPSA) is 52.0 Å². The van der Waals surface area contributed by atoms with Crippen molar-refractivity contribution in [2.75, 3.05) is 17.3 Å². The van der Waals surface area contributed by atoms with Crippen molar-refractivity contribution in [2.24, 2.45) is 16.8 Å². The van der Waals surface area contributed by atoms with Crippen LogP contribution in [0.15, 0.2) is 0 Å². The standard InChI is InChI=1S/C7H16N2S/c8-7-5-10(9)3-1-6(7)2-4-10/h6-7H,1-5,8-9H2/t7-/m1/s1. The Bertz CT molecular complexity index is 141. The van der Waals surface area contributed by atoms with E-state index in [1.807, 2.05) is 0 Å². The molecule has 2 bridgehead atoms. The van der Waals surface area contributed by atoms with Crippen LogP contribution in [0.3, 0.4) is 0 Å². The van der Waals surface area contributed by atoms with E-state index in [1.165, 1.54) is 24.3 Å². The number of rotatable bonds is 0. The van der Waals surface area contributed by atoms with Gasteiger partial charge in [-0.05, 0) is 30.3 Å². The summed E-state index contributed by atoms with van der Waals surface area (Å²) in [6.45, 7) is 0. The second-order valence-corrected chi connectivity index (χ2v) is 7.06. The summed E-state index contributed by atoms with van der Waals surface area (Å²) in [6, 6.07) is 0.447. The van der Waals surface area contributed by atoms with Crippen LogP contribution in [0, 0.1) is 5.92 Å². The molecule has 3 heterocycles. The Balaban J connectivity index is 2.14. The average Bonchev–Trinajstić information content (AvgIpc) is 1.87. The fourth-order valence-corrected chi connectivity index (χ4v) is 5.25. The van der Waals surface area contributed by atoms with E-state index in [1.54, 1.807) is 0 Å². The van der Waals surface area contributed by atoms with Crippen molar-refractivity contribution in [1.82, 2.24) is 0 Å². The van der Waals surface area contributed by atoms with E-state index < -0.39 is 10.2 Å². The zero-order valence-electron chi connectivity index (χ0n) is 6.25. The SMILES string of the molecule is N[C@@H]1CS2(N)CCC1CC2. The molecule has 0 radical (unpaired) electrons. The maximum absolute atomic E-state index is 6.19. The molecule has 0 aromatic carbocycles. The van der Waals surface area contributed by atoms with Crippen molar-refractivity contribution < 1.29 is 0 Å². The minimum Gasteiger partial charge on any atom is -0.327 e. The summed E-state index contributed by atoms with van der Waals surface area (Å²) in [4.78, 5) is 0. The predicted octanol–water partition coefficient (Wildman–Crippen LogP) is 0.416. The van der Waals surface area contributed by atoms with Crippen molar-refractivity contribution >= 4 is 10.2 Å². The van der Waals surface area contributed by atoms with Crippen molar-refractivity contribution in [3.05, 3.63) is 0 Å². The van der Waals surface area contributed by atoms with Gasteiger partial charge < -0.3 is 5.73 Å². The molecule has 0 saturated carbocycles. The third-order valence-corrected chi connectivity index (χ3v) is 6.07. The Morgan fingerprint density at radius 3 is 2.10 bits per heavy atom. The summed E-state index contributed by atoms with van der Waals surface area (Å²) in [6.07, 6.45) is 2.62. The van der Waals surface area contributed by atoms with Crippen LogP contribution in [0.25, 0.3) is 0 Å². The smallest absolute Gasteiger partial charge is 0.0156 e. The normalized spacial score (nSPS) is 59.8. The first-order valence-electron chi connectivity index (χ1n) is 3.99. The molecule has 0 unspecified atom stereocenters. The first kappa shape index (κ1) is 6.95. The third kappa shape index (κ3) is 0.966. The lowest BCUT2D eigenvalue weighted by Gasteiger charge is -2.51. The Morgan fingerprint density at radius 2 is 1.80 bits per heavy atom. The average molecular weight is 160 g/mol. The Hall–Kier alpha value is 0.270. The Kier molecular flexibility index (Phi) is 1.48. The largest absolute Gasteiger partial charge is 0.327 e. The van der Waals surface area contributed by atoms with Crippen molar-refractivity contribution in [3.8, 4) is 0 Å². The van der Waals surface area contributed by atoms with Gasteiger partial charge in [-0.3, -0.25) is 5.14 Å². The van der Waals surface area contributed by atoms with Gasteiger partial charge in [-0.2, -0.15) is 10.2 Å². The summed E-state index contributed by atoms with van der Waals surface area (Å²) in [5.74, 6) is 4.56. The molecule has 0 aliphatic carbocycles. The van der Waals surface area contributed by atoms with Gasteiger partial charge in [0.25, 0.3) is 0 Å². The zero-order valence-corrected chi connectivity index (χ0v) is 7.07. The molecular formula is C7H16N2S. The van der Waals surface area contributed by atoms with E-state index in [0.29, 0.717) is 6.04 Å². The lowest BCUT2D eigenvalue weighted by Crippen LogP contribution is -2.49. The molecule has 60 valence electrons. The molecule has 3 aliphatic rings. The summed E-state index contributed by atoms with van der Waals surface area (Å²) in [5.41, 5.74) is 5.95. The highest BCUT2D eigenvalue weighted by Gasteiger charge is 2.38. The van der Waals surface area contributed by atoms with Crippen LogP contribution in [0.5, 0.6) is 0 Å². The van der Waals surface area contributed by atoms with Crippen LogP contribution in [0.4, 0.5) is 0 Å². The van der Waals surface area contributed by atoms with E-state index >= 15 is 0 Å². The number of hydrogen-bond donors (Lipinski definition) is 2. The fourth-order valence-electron chi connectivity index (χ4n) is 2.13. The van der Waals surface area contributed by atoms with Gasteiger partial charge in [0, 0.05) is 11.8 Å². The molecule has 3 rings (SSSR count). The van der Waals surface area contributed by atoms with Gasteiger partial charge in [0.2, 0.25) is 0 Å². The summed E-state index contributed by atoms with van der Waals surface area (Å²) >= 11 is 0. The van der Waals surface area contributed by atoms with Gasteiger partial charge in [-0.25, -0.2) is 0 Å². The van der Waals surface area contributed by atoms with Crippen molar-refractivity contribution in [1.29, 1.82) is 0 Å². The molecule has 0 aromatic heterocycles. The van der Waals surface area contributed by atoms with E-state index in [0.717, 1.165) is 11.7 Å². The summed E-state index contributed by atoms with van der Waals surface area (Å²) in [7, 11) is -0.686. The van der Waals surface area contributed by atoms with Gasteiger partial charge in [0.15, 0.2) is 0 Å². The van der Waals surface area contributed by atoms with Crippen LogP contribution in [-0.2, 0) is 0 Å². The minimum absolute atomic E-state index is 0.447. The van der Waals surface area contributed by atoms with Crippen LogP contribution >= 0.6 is 10.2 Å². The quantitative estimate of drug-likeness (QED) is 0.539. The third-order valence-electron chi connectivity index (χ3n) is 2.92. The molecule has 2 nitrogen and oxygen atoms in total. The number of hydrogen-bond acceptors (Lipinski definition) is 2. The van der Waals surface area contributed by atoms with E-state index in [2.05, 4.69) is 0 Å². The van der Waals surface area contributed by atoms with Crippen LogP contribution in [0.2, 0.25) is 0 Å². The van der Waals surface area contributed by atoms with E-state index in [9.17, 15) is 0 Å². The number of fused-ring (bicyclic) bond motifs is 3. The highest BCUT2D eigenvalue weighted by molar-refractivity contribution is 8.32. The van der Waals surface area contributed by atoms with Gasteiger partial charge in [-0.15, -0.1) is 0 Å². The molecular weight excluding hydrogens is 144 g/mol. The monoisotopic (exact) mass is 160 g/mol. The lowest BCUT2D eigenvalue weighted by atomic mass is 9.95. The van der Waals surface area contributed by atoms with Crippen molar-refractivity contribution in [3.63, 3.8) is 0 Å². The molecule has 3 fully saturated rings. The van der Waals surface area contributed by atoms with Gasteiger partial charge in [-0.1, -0.05) is 0 Å². The van der Waals surface area contributed by atoms with E-state index in [4.69, 9.17) is 10.9 Å². The lowest BCUT2D eigenvalue weighted by molar-refractivity contribution is 0.394. The molecule has 4 N–H and O–H groups in total. The molecule has 3 aliphatic heterocycles. The molecule has 0 aromatic rings. The first-order chi connectivity index (χ1) is 4.70. The molecule has 3 saturated heterocycles. The molecule has 10 heavy (non-hydrogen) atoms. The Labute approximate surface area is 63.8 Å². The molecule has 0 spiro atoms. The van der Waals surface area contributed by atoms with Crippen molar-refractivity contribution in [2.45, 2.75) is 18.9 Å². The molecule has 3 heteroatoms. The minimum atomic E-state index is -0.686. The molecule has 1 atom stereocenters. The molecule has 0 amide bonds. The fraction of sp³-hybridized carbons (Fsp3) is 1.00. The second kappa shape index (κ2) is 2.13. The summed E-state index contributed by atoms with van der Waals surface area (Å²) in [5, 5.41) is 6.19. The van der Waals surface area contributed by atoms with Crippen LogP contribution < -0.4 is 10.9 Å². The maximum atomic E-state index is 6.19. The highest BCUT2D eigenvalue weighted by Crippen LogP contribution is 2.52. The van der Waals surface area contributed by atoms with E-state index in [-0.39, 0.29) is 0 Å². The summed E-state index contributed by atoms with van der Waals surface area (Å²) < 4.78 is 0. The number of nitrogens with two attached hydrogens (primary N) is 2. The highest BCUT2D eigenvalue weighted by atomic mass is 32.3. The Morgan fingerprint density at radius 1 is 1.20 bits per heavy atom. The second-order valence-electron chi connectivity index (χ2n) is 3.69. The van der Waals surface area contributed by atoms with Gasteiger partial charge in [0.05, 0.1) is 0 Å².